The number of aryl methyl sites for hydroxylation is 1. The first-order valence-electron chi connectivity index (χ1n) is 13.5. The van der Waals surface area contributed by atoms with Gasteiger partial charge in [0.05, 0.1) is 11.2 Å². The van der Waals surface area contributed by atoms with Crippen LogP contribution in [-0.4, -0.2) is 56.8 Å². The van der Waals surface area contributed by atoms with Crippen molar-refractivity contribution in [2.45, 2.75) is 63.5 Å². The van der Waals surface area contributed by atoms with E-state index < -0.39 is 0 Å². The Balaban J connectivity index is 1.25. The molecule has 7 nitrogen and oxygen atoms in total. The van der Waals surface area contributed by atoms with Crippen molar-refractivity contribution >= 4 is 28.5 Å². The number of imidazole rings is 1. The fraction of sp³-hybridized carbons (Fsp3) is 0.483. The second kappa shape index (κ2) is 9.60. The number of anilines is 1. The molecular weight excluding hydrogens is 450 g/mol. The molecular formula is C29H35N5O2. The van der Waals surface area contributed by atoms with Gasteiger partial charge in [-0.25, -0.2) is 4.98 Å². The van der Waals surface area contributed by atoms with E-state index in [1.165, 1.54) is 43.2 Å². The molecule has 0 spiro atoms. The molecule has 0 bridgehead atoms. The quantitative estimate of drug-likeness (QED) is 0.550. The van der Waals surface area contributed by atoms with E-state index >= 15 is 0 Å². The van der Waals surface area contributed by atoms with Gasteiger partial charge in [0.25, 0.3) is 5.91 Å². The highest BCUT2D eigenvalue weighted by molar-refractivity contribution is 6.00. The van der Waals surface area contributed by atoms with E-state index in [1.54, 1.807) is 4.90 Å². The lowest BCUT2D eigenvalue weighted by Crippen LogP contribution is -2.56. The first-order valence-corrected chi connectivity index (χ1v) is 13.5. The predicted molar refractivity (Wildman–Crippen MR) is 141 cm³/mol. The van der Waals surface area contributed by atoms with Crippen molar-refractivity contribution < 1.29 is 9.59 Å². The van der Waals surface area contributed by atoms with Gasteiger partial charge in [0.2, 0.25) is 5.91 Å². The number of hydrogen-bond donors (Lipinski definition) is 1. The molecule has 2 aliphatic carbocycles. The Morgan fingerprint density at radius 1 is 1.03 bits per heavy atom. The van der Waals surface area contributed by atoms with Crippen LogP contribution in [0.2, 0.25) is 0 Å². The maximum atomic E-state index is 13.6. The van der Waals surface area contributed by atoms with Crippen molar-refractivity contribution in [2.24, 2.45) is 7.05 Å². The Labute approximate surface area is 212 Å². The van der Waals surface area contributed by atoms with Crippen LogP contribution in [0.4, 0.5) is 5.69 Å². The van der Waals surface area contributed by atoms with Crippen LogP contribution >= 0.6 is 0 Å². The summed E-state index contributed by atoms with van der Waals surface area (Å²) in [5.41, 5.74) is 5.24. The van der Waals surface area contributed by atoms with Gasteiger partial charge < -0.3 is 19.7 Å². The molecule has 0 unspecified atom stereocenters. The molecule has 3 aliphatic rings. The first-order chi connectivity index (χ1) is 17.6. The minimum Gasteiger partial charge on any atom is -0.379 e. The van der Waals surface area contributed by atoms with E-state index in [0.717, 1.165) is 29.6 Å². The first kappa shape index (κ1) is 23.1. The minimum atomic E-state index is -0.160. The van der Waals surface area contributed by atoms with Crippen LogP contribution in [0.15, 0.2) is 42.5 Å². The third-order valence-electron chi connectivity index (χ3n) is 8.13. The average molecular weight is 486 g/mol. The lowest BCUT2D eigenvalue weighted by Gasteiger charge is -2.40. The highest BCUT2D eigenvalue weighted by Gasteiger charge is 2.34. The highest BCUT2D eigenvalue weighted by Crippen LogP contribution is 2.42. The number of benzene rings is 2. The standard InChI is InChI=1S/C29H35N5O2/c1-32-25-17-22(21-12-13-21)16-24(30-18-20-8-4-2-5-9-20)27(25)31-28(32)29(36)33-14-15-34(26(35)19-33)23-10-6-3-7-11-23/h2,4-5,8-9,16-17,21,23,30H,3,6-7,10-15,18-19H2,1H3. The molecule has 1 saturated heterocycles. The number of amides is 2. The normalized spacial score (nSPS) is 19.2. The number of hydrogen-bond acceptors (Lipinski definition) is 4. The van der Waals surface area contributed by atoms with Crippen molar-refractivity contribution in [2.75, 3.05) is 25.0 Å². The number of nitrogens with one attached hydrogen (secondary N) is 1. The van der Waals surface area contributed by atoms with Crippen LogP contribution in [0, 0.1) is 0 Å². The maximum absolute atomic E-state index is 13.6. The van der Waals surface area contributed by atoms with Crippen LogP contribution in [-0.2, 0) is 18.4 Å². The largest absolute Gasteiger partial charge is 0.379 e. The molecule has 2 heterocycles. The van der Waals surface area contributed by atoms with Gasteiger partial charge in [-0.1, -0.05) is 49.6 Å². The Morgan fingerprint density at radius 2 is 1.81 bits per heavy atom. The van der Waals surface area contributed by atoms with Crippen LogP contribution in [0.25, 0.3) is 11.0 Å². The summed E-state index contributed by atoms with van der Waals surface area (Å²) in [6.07, 6.45) is 8.25. The number of aromatic nitrogens is 2. The smallest absolute Gasteiger partial charge is 0.290 e. The number of nitrogens with zero attached hydrogens (tertiary/aromatic N) is 4. The van der Waals surface area contributed by atoms with Crippen LogP contribution < -0.4 is 5.32 Å². The van der Waals surface area contributed by atoms with Crippen molar-refractivity contribution in [1.29, 1.82) is 0 Å². The summed E-state index contributed by atoms with van der Waals surface area (Å²) in [5, 5.41) is 3.57. The molecule has 0 radical (unpaired) electrons. The molecule has 6 rings (SSSR count). The topological polar surface area (TPSA) is 70.5 Å². The molecule has 2 saturated carbocycles. The molecule has 0 atom stereocenters. The summed E-state index contributed by atoms with van der Waals surface area (Å²) < 4.78 is 1.91. The Hall–Kier alpha value is -3.35. The zero-order valence-corrected chi connectivity index (χ0v) is 21.1. The van der Waals surface area contributed by atoms with Crippen LogP contribution in [0.3, 0.4) is 0 Å². The summed E-state index contributed by atoms with van der Waals surface area (Å²) in [6, 6.07) is 15.1. The van der Waals surface area contributed by atoms with E-state index in [0.29, 0.717) is 37.4 Å². The van der Waals surface area contributed by atoms with Gasteiger partial charge in [-0.2, -0.15) is 0 Å². The third kappa shape index (κ3) is 4.47. The van der Waals surface area contributed by atoms with Gasteiger partial charge in [0.1, 0.15) is 12.1 Å². The van der Waals surface area contributed by atoms with Crippen molar-refractivity contribution in [1.82, 2.24) is 19.4 Å². The monoisotopic (exact) mass is 485 g/mol. The summed E-state index contributed by atoms with van der Waals surface area (Å²) in [4.78, 5) is 35.1. The van der Waals surface area contributed by atoms with Gasteiger partial charge in [0, 0.05) is 32.7 Å². The molecule has 188 valence electrons. The van der Waals surface area contributed by atoms with Gasteiger partial charge in [-0.05, 0) is 54.9 Å². The molecule has 3 fully saturated rings. The zero-order chi connectivity index (χ0) is 24.6. The van der Waals surface area contributed by atoms with Crippen LogP contribution in [0.1, 0.15) is 72.6 Å². The Kier molecular flexibility index (Phi) is 6.15. The molecule has 2 aromatic carbocycles. The Bertz CT molecular complexity index is 1270. The fourth-order valence-electron chi connectivity index (χ4n) is 5.86. The van der Waals surface area contributed by atoms with E-state index in [-0.39, 0.29) is 18.4 Å². The summed E-state index contributed by atoms with van der Waals surface area (Å²) >= 11 is 0. The fourth-order valence-corrected chi connectivity index (χ4v) is 5.86. The lowest BCUT2D eigenvalue weighted by molar-refractivity contribution is -0.138. The van der Waals surface area contributed by atoms with Crippen molar-refractivity contribution in [3.8, 4) is 0 Å². The number of piperazine rings is 1. The van der Waals surface area contributed by atoms with E-state index in [9.17, 15) is 9.59 Å². The second-order valence-corrected chi connectivity index (χ2v) is 10.6. The SMILES string of the molecule is Cn1c(C(=O)N2CCN(C3CCCCC3)C(=O)C2)nc2c(NCc3ccccc3)cc(C3CC3)cc21. The summed E-state index contributed by atoms with van der Waals surface area (Å²) in [5.74, 6) is 0.902. The van der Waals surface area contributed by atoms with E-state index in [1.807, 2.05) is 34.7 Å². The Morgan fingerprint density at radius 3 is 2.53 bits per heavy atom. The summed E-state index contributed by atoms with van der Waals surface area (Å²) in [7, 11) is 1.92. The number of carbonyl (C=O) groups excluding carboxylic acids is 2. The van der Waals surface area contributed by atoms with Gasteiger partial charge in [-0.15, -0.1) is 0 Å². The molecule has 3 aromatic rings. The van der Waals surface area contributed by atoms with Gasteiger partial charge in [0.15, 0.2) is 5.82 Å². The van der Waals surface area contributed by atoms with Gasteiger partial charge in [-0.3, -0.25) is 9.59 Å². The van der Waals surface area contributed by atoms with Crippen molar-refractivity contribution in [3.63, 3.8) is 0 Å². The molecule has 1 aromatic heterocycles. The van der Waals surface area contributed by atoms with E-state index in [2.05, 4.69) is 29.6 Å². The number of rotatable bonds is 6. The van der Waals surface area contributed by atoms with Crippen LogP contribution in [0.5, 0.6) is 0 Å². The minimum absolute atomic E-state index is 0.0708. The number of fused-ring (bicyclic) bond motifs is 1. The zero-order valence-electron chi connectivity index (χ0n) is 21.1. The summed E-state index contributed by atoms with van der Waals surface area (Å²) in [6.45, 7) is 2.03. The average Bonchev–Trinajstić information content (AvgIpc) is 3.71. The van der Waals surface area contributed by atoms with Crippen molar-refractivity contribution in [3.05, 3.63) is 59.4 Å². The molecule has 7 heteroatoms. The highest BCUT2D eigenvalue weighted by atomic mass is 16.2. The predicted octanol–water partition coefficient (Wildman–Crippen LogP) is 4.68. The lowest BCUT2D eigenvalue weighted by atomic mass is 9.93. The number of carbonyl (C=O) groups is 2. The maximum Gasteiger partial charge on any atom is 0.290 e. The molecule has 1 aliphatic heterocycles. The molecule has 1 N–H and O–H groups in total. The third-order valence-corrected chi connectivity index (χ3v) is 8.13. The second-order valence-electron chi connectivity index (χ2n) is 10.6. The van der Waals surface area contributed by atoms with Gasteiger partial charge >= 0.3 is 0 Å². The van der Waals surface area contributed by atoms with E-state index in [4.69, 9.17) is 4.98 Å². The molecule has 36 heavy (non-hydrogen) atoms. The molecule has 2 amide bonds.